The summed E-state index contributed by atoms with van der Waals surface area (Å²) in [5.41, 5.74) is 1.66. The monoisotopic (exact) mass is 443 g/mol. The molecule has 0 aromatic heterocycles. The van der Waals surface area contributed by atoms with Crippen LogP contribution in [0.25, 0.3) is 0 Å². The molecule has 0 radical (unpaired) electrons. The topological polar surface area (TPSA) is 78.5 Å². The van der Waals surface area contributed by atoms with Crippen LogP contribution < -0.4 is 10.6 Å². The molecule has 2 aromatic rings. The van der Waals surface area contributed by atoms with E-state index >= 15 is 0 Å². The molecule has 4 amide bonds. The van der Waals surface area contributed by atoms with Crippen LogP contribution in [0.2, 0.25) is 0 Å². The van der Waals surface area contributed by atoms with Gasteiger partial charge >= 0.3 is 6.03 Å². The summed E-state index contributed by atoms with van der Waals surface area (Å²) in [6.07, 6.45) is 0.647. The minimum absolute atomic E-state index is 0.303. The Morgan fingerprint density at radius 3 is 2.50 bits per heavy atom. The van der Waals surface area contributed by atoms with Crippen molar-refractivity contribution >= 4 is 33.8 Å². The van der Waals surface area contributed by atoms with Gasteiger partial charge in [-0.15, -0.1) is 0 Å². The van der Waals surface area contributed by atoms with E-state index in [-0.39, 0.29) is 12.5 Å². The molecule has 2 N–H and O–H groups in total. The number of benzene rings is 2. The van der Waals surface area contributed by atoms with Crippen LogP contribution >= 0.6 is 15.9 Å². The van der Waals surface area contributed by atoms with Crippen molar-refractivity contribution in [3.05, 3.63) is 69.7 Å². The van der Waals surface area contributed by atoms with Crippen LogP contribution in [0.3, 0.4) is 0 Å². The van der Waals surface area contributed by atoms with Crippen LogP contribution in [0.1, 0.15) is 23.6 Å². The Hall–Kier alpha value is -2.67. The molecule has 1 aliphatic heterocycles. The smallest absolute Gasteiger partial charge is 0.325 e. The average molecular weight is 444 g/mol. The van der Waals surface area contributed by atoms with Crippen molar-refractivity contribution in [2.45, 2.75) is 25.8 Å². The van der Waals surface area contributed by atoms with E-state index < -0.39 is 17.5 Å². The van der Waals surface area contributed by atoms with Crippen molar-refractivity contribution in [2.75, 3.05) is 13.1 Å². The molecule has 6 nitrogen and oxygen atoms in total. The van der Waals surface area contributed by atoms with Crippen molar-refractivity contribution in [3.63, 3.8) is 0 Å². The number of urea groups is 1. The Morgan fingerprint density at radius 1 is 1.14 bits per heavy atom. The second-order valence-electron chi connectivity index (χ2n) is 7.00. The number of nitrogens with zero attached hydrogens (tertiary/aromatic N) is 1. The minimum atomic E-state index is -1.17. The van der Waals surface area contributed by atoms with Gasteiger partial charge < -0.3 is 10.6 Å². The molecular weight excluding hydrogens is 422 g/mol. The third-order valence-electron chi connectivity index (χ3n) is 4.88. The van der Waals surface area contributed by atoms with E-state index in [0.29, 0.717) is 18.5 Å². The first kappa shape index (κ1) is 20.1. The third kappa shape index (κ3) is 4.09. The van der Waals surface area contributed by atoms with Gasteiger partial charge in [-0.2, -0.15) is 0 Å². The number of carbonyl (C=O) groups excluding carboxylic acids is 3. The summed E-state index contributed by atoms with van der Waals surface area (Å²) in [5, 5.41) is 5.48. The van der Waals surface area contributed by atoms with E-state index in [9.17, 15) is 14.4 Å². The fraction of sp³-hybridized carbons (Fsp3) is 0.286. The quantitative estimate of drug-likeness (QED) is 0.673. The first-order chi connectivity index (χ1) is 13.3. The third-order valence-corrected chi connectivity index (χ3v) is 5.65. The standard InChI is InChI=1S/C21H22BrN3O3/c1-14-7-9-16(10-8-14)21(2)19(27)25(20(28)24-21)13-18(26)23-12-11-15-5-3-4-6-17(15)22/h3-10H,11-13H2,1-2H3,(H,23,26)(H,24,28). The molecule has 146 valence electrons. The molecule has 28 heavy (non-hydrogen) atoms. The number of carbonyl (C=O) groups is 3. The lowest BCUT2D eigenvalue weighted by Crippen LogP contribution is -2.43. The molecule has 2 aromatic carbocycles. The van der Waals surface area contributed by atoms with Gasteiger partial charge in [0.25, 0.3) is 5.91 Å². The van der Waals surface area contributed by atoms with Crippen LogP contribution in [0, 0.1) is 6.92 Å². The van der Waals surface area contributed by atoms with Gasteiger partial charge in [-0.25, -0.2) is 4.79 Å². The minimum Gasteiger partial charge on any atom is -0.354 e. The number of aryl methyl sites for hydroxylation is 1. The highest BCUT2D eigenvalue weighted by Gasteiger charge is 2.49. The highest BCUT2D eigenvalue weighted by molar-refractivity contribution is 9.10. The van der Waals surface area contributed by atoms with Crippen LogP contribution in [-0.4, -0.2) is 35.8 Å². The predicted molar refractivity (Wildman–Crippen MR) is 110 cm³/mol. The van der Waals surface area contributed by atoms with Crippen molar-refractivity contribution in [1.82, 2.24) is 15.5 Å². The average Bonchev–Trinajstić information content (AvgIpc) is 2.88. The fourth-order valence-corrected chi connectivity index (χ4v) is 3.64. The SMILES string of the molecule is Cc1ccc(C2(C)NC(=O)N(CC(=O)NCCc3ccccc3Br)C2=O)cc1. The van der Waals surface area contributed by atoms with E-state index in [2.05, 4.69) is 26.6 Å². The van der Waals surface area contributed by atoms with Crippen LogP contribution in [0.5, 0.6) is 0 Å². The molecule has 1 fully saturated rings. The summed E-state index contributed by atoms with van der Waals surface area (Å²) in [6, 6.07) is 14.6. The highest BCUT2D eigenvalue weighted by atomic mass is 79.9. The summed E-state index contributed by atoms with van der Waals surface area (Å²) >= 11 is 3.47. The summed E-state index contributed by atoms with van der Waals surface area (Å²) in [5.74, 6) is -0.800. The van der Waals surface area contributed by atoms with Crippen molar-refractivity contribution in [3.8, 4) is 0 Å². The lowest BCUT2D eigenvalue weighted by atomic mass is 9.91. The zero-order valence-corrected chi connectivity index (χ0v) is 17.4. The number of nitrogens with one attached hydrogen (secondary N) is 2. The Labute approximate surface area is 172 Å². The molecule has 7 heteroatoms. The molecule has 0 bridgehead atoms. The number of hydrogen-bond acceptors (Lipinski definition) is 3. The van der Waals surface area contributed by atoms with Gasteiger partial charge in [0.15, 0.2) is 0 Å². The van der Waals surface area contributed by atoms with E-state index in [4.69, 9.17) is 0 Å². The molecule has 0 saturated carbocycles. The van der Waals surface area contributed by atoms with Gasteiger partial charge in [-0.1, -0.05) is 64.0 Å². The van der Waals surface area contributed by atoms with Crippen LogP contribution in [0.15, 0.2) is 53.0 Å². The molecule has 1 atom stereocenters. The first-order valence-electron chi connectivity index (χ1n) is 9.02. The Balaban J connectivity index is 1.60. The molecular formula is C21H22BrN3O3. The van der Waals surface area contributed by atoms with Crippen molar-refractivity contribution < 1.29 is 14.4 Å². The summed E-state index contributed by atoms with van der Waals surface area (Å²) < 4.78 is 0.979. The second-order valence-corrected chi connectivity index (χ2v) is 7.86. The number of amides is 4. The number of hydrogen-bond donors (Lipinski definition) is 2. The van der Waals surface area contributed by atoms with E-state index in [1.807, 2.05) is 55.5 Å². The van der Waals surface area contributed by atoms with Gasteiger partial charge in [0, 0.05) is 11.0 Å². The molecule has 1 saturated heterocycles. The lowest BCUT2D eigenvalue weighted by molar-refractivity contribution is -0.134. The van der Waals surface area contributed by atoms with Gasteiger partial charge in [-0.3, -0.25) is 14.5 Å². The zero-order valence-electron chi connectivity index (χ0n) is 15.8. The Morgan fingerprint density at radius 2 is 1.82 bits per heavy atom. The highest BCUT2D eigenvalue weighted by Crippen LogP contribution is 2.28. The lowest BCUT2D eigenvalue weighted by Gasteiger charge is -2.22. The molecule has 3 rings (SSSR count). The number of rotatable bonds is 6. The van der Waals surface area contributed by atoms with Crippen LogP contribution in [0.4, 0.5) is 4.79 Å². The molecule has 0 spiro atoms. The summed E-state index contributed by atoms with van der Waals surface area (Å²) in [4.78, 5) is 38.4. The van der Waals surface area contributed by atoms with Crippen LogP contribution in [-0.2, 0) is 21.5 Å². The predicted octanol–water partition coefficient (Wildman–Crippen LogP) is 2.88. The zero-order chi connectivity index (χ0) is 20.3. The van der Waals surface area contributed by atoms with Crippen molar-refractivity contribution in [2.24, 2.45) is 0 Å². The summed E-state index contributed by atoms with van der Waals surface area (Å²) in [7, 11) is 0. The maximum absolute atomic E-state index is 12.9. The Bertz CT molecular complexity index is 913. The maximum atomic E-state index is 12.9. The van der Waals surface area contributed by atoms with E-state index in [1.54, 1.807) is 6.92 Å². The maximum Gasteiger partial charge on any atom is 0.325 e. The molecule has 1 heterocycles. The number of imide groups is 1. The summed E-state index contributed by atoms with van der Waals surface area (Å²) in [6.45, 7) is 3.72. The van der Waals surface area contributed by atoms with Gasteiger partial charge in [0.2, 0.25) is 5.91 Å². The molecule has 0 aliphatic carbocycles. The van der Waals surface area contributed by atoms with Crippen molar-refractivity contribution in [1.29, 1.82) is 0 Å². The molecule has 1 unspecified atom stereocenters. The van der Waals surface area contributed by atoms with Gasteiger partial charge in [-0.05, 0) is 37.5 Å². The fourth-order valence-electron chi connectivity index (χ4n) is 3.16. The largest absolute Gasteiger partial charge is 0.354 e. The van der Waals surface area contributed by atoms with Gasteiger partial charge in [0.1, 0.15) is 12.1 Å². The van der Waals surface area contributed by atoms with E-state index in [1.165, 1.54) is 0 Å². The second kappa shape index (κ2) is 8.14. The normalized spacial score (nSPS) is 18.9. The Kier molecular flexibility index (Phi) is 5.84. The first-order valence-corrected chi connectivity index (χ1v) is 9.82. The van der Waals surface area contributed by atoms with E-state index in [0.717, 1.165) is 20.5 Å². The number of halogens is 1. The molecule has 1 aliphatic rings. The van der Waals surface area contributed by atoms with Gasteiger partial charge in [0.05, 0.1) is 0 Å².